The molecule has 0 spiro atoms. The molecule has 6 heteroatoms. The van der Waals surface area contributed by atoms with E-state index in [1.807, 2.05) is 17.9 Å². The van der Waals surface area contributed by atoms with Crippen LogP contribution in [0.4, 0.5) is 0 Å². The summed E-state index contributed by atoms with van der Waals surface area (Å²) in [7, 11) is 0. The number of benzene rings is 1. The average molecular weight is 395 g/mol. The van der Waals surface area contributed by atoms with Crippen LogP contribution in [0, 0.1) is 5.41 Å². The molecule has 1 heterocycles. The van der Waals surface area contributed by atoms with Crippen molar-refractivity contribution in [2.45, 2.75) is 58.8 Å². The number of rotatable bonds is 12. The van der Waals surface area contributed by atoms with Crippen LogP contribution in [0.25, 0.3) is 10.9 Å². The Morgan fingerprint density at radius 1 is 1.15 bits per heavy atom. The van der Waals surface area contributed by atoms with Crippen LogP contribution in [0.2, 0.25) is 0 Å². The number of likely N-dealkylation sites (N-methyl/N-ethyl adjacent to an activating group) is 1. The van der Waals surface area contributed by atoms with Gasteiger partial charge in [-0.05, 0) is 43.5 Å². The zero-order valence-corrected chi connectivity index (χ0v) is 17.5. The number of halogens is 1. The molecular formula is C21H35ClN4O. The van der Waals surface area contributed by atoms with Gasteiger partial charge in [0, 0.05) is 30.2 Å². The molecule has 0 saturated carbocycles. The van der Waals surface area contributed by atoms with Crippen molar-refractivity contribution >= 4 is 29.3 Å². The molecule has 0 bridgehead atoms. The molecule has 0 aliphatic heterocycles. The maximum Gasteiger partial charge on any atom is 0.188 e. The highest BCUT2D eigenvalue weighted by Gasteiger charge is 2.09. The molecule has 0 radical (unpaired) electrons. The normalized spacial score (nSPS) is 10.6. The Morgan fingerprint density at radius 3 is 2.59 bits per heavy atom. The van der Waals surface area contributed by atoms with Crippen molar-refractivity contribution in [1.82, 2.24) is 9.88 Å². The summed E-state index contributed by atoms with van der Waals surface area (Å²) in [4.78, 5) is 5.20. The monoisotopic (exact) mass is 394 g/mol. The van der Waals surface area contributed by atoms with E-state index in [0.717, 1.165) is 43.8 Å². The molecule has 0 saturated heterocycles. The smallest absolute Gasteiger partial charge is 0.188 e. The van der Waals surface area contributed by atoms with Gasteiger partial charge < -0.3 is 20.4 Å². The largest absolute Gasteiger partial charge is 0.494 e. The lowest BCUT2D eigenvalue weighted by Gasteiger charge is -2.20. The lowest BCUT2D eigenvalue weighted by atomic mass is 10.1. The summed E-state index contributed by atoms with van der Waals surface area (Å²) < 4.78 is 5.95. The second-order valence-electron chi connectivity index (χ2n) is 6.85. The number of guanidine groups is 1. The summed E-state index contributed by atoms with van der Waals surface area (Å²) in [5.74, 6) is 1.07. The first-order valence-corrected chi connectivity index (χ1v) is 9.97. The SMILES string of the molecule is CCCCCCCCOc1ccc2[nH]cc(CCN(CC)C(=N)N)c2c1.Cl. The van der Waals surface area contributed by atoms with E-state index in [0.29, 0.717) is 0 Å². The Kier molecular flexibility index (Phi) is 10.7. The van der Waals surface area contributed by atoms with Crippen LogP contribution in [-0.4, -0.2) is 35.5 Å². The van der Waals surface area contributed by atoms with Crippen molar-refractivity contribution in [2.75, 3.05) is 19.7 Å². The van der Waals surface area contributed by atoms with Crippen molar-refractivity contribution in [2.24, 2.45) is 5.73 Å². The van der Waals surface area contributed by atoms with E-state index < -0.39 is 0 Å². The molecular weight excluding hydrogens is 360 g/mol. The van der Waals surface area contributed by atoms with Crippen molar-refractivity contribution in [1.29, 1.82) is 5.41 Å². The van der Waals surface area contributed by atoms with Gasteiger partial charge in [0.25, 0.3) is 0 Å². The van der Waals surface area contributed by atoms with Gasteiger partial charge in [-0.3, -0.25) is 5.41 Å². The maximum atomic E-state index is 7.60. The molecule has 0 aliphatic carbocycles. The third-order valence-corrected chi connectivity index (χ3v) is 4.88. The van der Waals surface area contributed by atoms with Gasteiger partial charge in [0.15, 0.2) is 5.96 Å². The summed E-state index contributed by atoms with van der Waals surface area (Å²) in [5, 5.41) is 8.80. The molecule has 0 unspecified atom stereocenters. The maximum absolute atomic E-state index is 7.60. The van der Waals surface area contributed by atoms with E-state index in [4.69, 9.17) is 15.9 Å². The summed E-state index contributed by atoms with van der Waals surface area (Å²) >= 11 is 0. The number of nitrogens with one attached hydrogen (secondary N) is 2. The zero-order valence-electron chi connectivity index (χ0n) is 16.7. The summed E-state index contributed by atoms with van der Waals surface area (Å²) in [6.07, 6.45) is 10.5. The molecule has 0 amide bonds. The van der Waals surface area contributed by atoms with Crippen molar-refractivity contribution in [3.63, 3.8) is 0 Å². The molecule has 2 aromatic rings. The molecule has 0 aliphatic rings. The van der Waals surface area contributed by atoms with Crippen LogP contribution in [0.5, 0.6) is 5.75 Å². The first kappa shape index (κ1) is 23.2. The fourth-order valence-corrected chi connectivity index (χ4v) is 3.23. The third kappa shape index (κ3) is 7.33. The van der Waals surface area contributed by atoms with E-state index in [-0.39, 0.29) is 18.4 Å². The van der Waals surface area contributed by atoms with Crippen LogP contribution >= 0.6 is 12.4 Å². The molecule has 5 nitrogen and oxygen atoms in total. The lowest BCUT2D eigenvalue weighted by Crippen LogP contribution is -2.37. The minimum atomic E-state index is 0. The number of unbranched alkanes of at least 4 members (excludes halogenated alkanes) is 5. The van der Waals surface area contributed by atoms with Gasteiger partial charge in [-0.15, -0.1) is 12.4 Å². The van der Waals surface area contributed by atoms with Crippen LogP contribution in [0.1, 0.15) is 57.9 Å². The average Bonchev–Trinajstić information content (AvgIpc) is 3.03. The summed E-state index contributed by atoms with van der Waals surface area (Å²) in [6.45, 7) is 6.55. The number of hydrogen-bond acceptors (Lipinski definition) is 2. The second-order valence-corrected chi connectivity index (χ2v) is 6.85. The Labute approximate surface area is 169 Å². The molecule has 27 heavy (non-hydrogen) atoms. The fraction of sp³-hybridized carbons (Fsp3) is 0.571. The second kappa shape index (κ2) is 12.5. The highest BCUT2D eigenvalue weighted by molar-refractivity contribution is 5.85. The van der Waals surface area contributed by atoms with Crippen molar-refractivity contribution in [3.05, 3.63) is 30.0 Å². The third-order valence-electron chi connectivity index (χ3n) is 4.88. The van der Waals surface area contributed by atoms with E-state index in [1.54, 1.807) is 0 Å². The number of ether oxygens (including phenoxy) is 1. The Hall–Kier alpha value is -1.88. The molecule has 152 valence electrons. The van der Waals surface area contributed by atoms with Gasteiger partial charge in [-0.2, -0.15) is 0 Å². The topological polar surface area (TPSA) is 78.1 Å². The zero-order chi connectivity index (χ0) is 18.8. The molecule has 2 rings (SSSR count). The summed E-state index contributed by atoms with van der Waals surface area (Å²) in [6, 6.07) is 6.24. The number of nitrogens with zero attached hydrogens (tertiary/aromatic N) is 1. The molecule has 1 aromatic heterocycles. The number of aromatic amines is 1. The van der Waals surface area contributed by atoms with Gasteiger partial charge in [0.1, 0.15) is 5.75 Å². The predicted octanol–water partition coefficient (Wildman–Crippen LogP) is 5.09. The predicted molar refractivity (Wildman–Crippen MR) is 117 cm³/mol. The first-order chi connectivity index (χ1) is 12.7. The number of H-pyrrole nitrogens is 1. The molecule has 4 N–H and O–H groups in total. The van der Waals surface area contributed by atoms with Gasteiger partial charge in [-0.1, -0.05) is 39.0 Å². The Bertz CT molecular complexity index is 686. The quantitative estimate of drug-likeness (QED) is 0.266. The number of nitrogens with two attached hydrogens (primary N) is 1. The van der Waals surface area contributed by atoms with Crippen LogP contribution < -0.4 is 10.5 Å². The van der Waals surface area contributed by atoms with Crippen molar-refractivity contribution < 1.29 is 4.74 Å². The fourth-order valence-electron chi connectivity index (χ4n) is 3.23. The minimum absolute atomic E-state index is 0. The molecule has 0 atom stereocenters. The van der Waals surface area contributed by atoms with Crippen LogP contribution in [-0.2, 0) is 6.42 Å². The lowest BCUT2D eigenvalue weighted by molar-refractivity contribution is 0.305. The van der Waals surface area contributed by atoms with Gasteiger partial charge >= 0.3 is 0 Å². The van der Waals surface area contributed by atoms with Gasteiger partial charge in [0.05, 0.1) is 6.61 Å². The standard InChI is InChI=1S/C21H34N4O.ClH/c1-3-5-6-7-8-9-14-26-18-10-11-20-19(15-18)17(16-24-20)12-13-25(4-2)21(22)23;/h10-11,15-16,24H,3-9,12-14H2,1-2H3,(H3,22,23);1H. The Morgan fingerprint density at radius 2 is 1.89 bits per heavy atom. The summed E-state index contributed by atoms with van der Waals surface area (Å²) in [5.41, 5.74) is 7.97. The highest BCUT2D eigenvalue weighted by Crippen LogP contribution is 2.24. The van der Waals surface area contributed by atoms with E-state index in [2.05, 4.69) is 30.2 Å². The van der Waals surface area contributed by atoms with E-state index in [1.165, 1.54) is 43.1 Å². The Balaban J connectivity index is 0.00000364. The van der Waals surface area contributed by atoms with Gasteiger partial charge in [0.2, 0.25) is 0 Å². The number of fused-ring (bicyclic) bond motifs is 1. The number of hydrogen-bond donors (Lipinski definition) is 3. The highest BCUT2D eigenvalue weighted by atomic mass is 35.5. The van der Waals surface area contributed by atoms with Gasteiger partial charge in [-0.25, -0.2) is 0 Å². The molecule has 0 fully saturated rings. The van der Waals surface area contributed by atoms with Crippen LogP contribution in [0.3, 0.4) is 0 Å². The first-order valence-electron chi connectivity index (χ1n) is 9.97. The minimum Gasteiger partial charge on any atom is -0.494 e. The van der Waals surface area contributed by atoms with E-state index in [9.17, 15) is 0 Å². The van der Waals surface area contributed by atoms with E-state index >= 15 is 0 Å². The molecule has 1 aromatic carbocycles. The van der Waals surface area contributed by atoms with Crippen molar-refractivity contribution in [3.8, 4) is 5.75 Å². The number of aromatic nitrogens is 1. The van der Waals surface area contributed by atoms with Crippen LogP contribution in [0.15, 0.2) is 24.4 Å².